The molecule has 1 aliphatic carbocycles. The van der Waals surface area contributed by atoms with Crippen LogP contribution in [0.15, 0.2) is 24.3 Å². The molecule has 23 heavy (non-hydrogen) atoms. The fourth-order valence-electron chi connectivity index (χ4n) is 3.31. The van der Waals surface area contributed by atoms with E-state index in [9.17, 15) is 4.79 Å². The lowest BCUT2D eigenvalue weighted by molar-refractivity contribution is -0.126. The molecule has 1 heterocycles. The lowest BCUT2D eigenvalue weighted by atomic mass is 9.80. The second kappa shape index (κ2) is 7.35. The van der Waals surface area contributed by atoms with E-state index in [0.29, 0.717) is 18.3 Å². The summed E-state index contributed by atoms with van der Waals surface area (Å²) in [5.41, 5.74) is 1.96. The van der Waals surface area contributed by atoms with Crippen molar-refractivity contribution >= 4 is 5.91 Å². The molecule has 2 N–H and O–H groups in total. The van der Waals surface area contributed by atoms with E-state index < -0.39 is 0 Å². The number of hydrogen-bond acceptors (Lipinski definition) is 4. The van der Waals surface area contributed by atoms with E-state index in [-0.39, 0.29) is 11.8 Å². The highest BCUT2D eigenvalue weighted by molar-refractivity contribution is 5.78. The van der Waals surface area contributed by atoms with Crippen LogP contribution in [0.4, 0.5) is 0 Å². The second-order valence-electron chi connectivity index (χ2n) is 6.35. The van der Waals surface area contributed by atoms with E-state index in [1.165, 1.54) is 32.1 Å². The molecule has 1 saturated carbocycles. The van der Waals surface area contributed by atoms with Crippen molar-refractivity contribution < 1.29 is 4.79 Å². The van der Waals surface area contributed by atoms with E-state index >= 15 is 0 Å². The third-order valence-electron chi connectivity index (χ3n) is 4.78. The molecule has 0 radical (unpaired) electrons. The predicted molar refractivity (Wildman–Crippen MR) is 87.2 cm³/mol. The smallest absolute Gasteiger partial charge is 0.223 e. The number of nitrogens with zero attached hydrogens (tertiary/aromatic N) is 3. The van der Waals surface area contributed by atoms with E-state index in [0.717, 1.165) is 11.1 Å². The van der Waals surface area contributed by atoms with Crippen LogP contribution < -0.4 is 5.32 Å². The molecule has 6 heteroatoms. The van der Waals surface area contributed by atoms with Crippen molar-refractivity contribution in [3.63, 3.8) is 0 Å². The van der Waals surface area contributed by atoms with Gasteiger partial charge >= 0.3 is 0 Å². The highest BCUT2D eigenvalue weighted by atomic mass is 16.1. The minimum Gasteiger partial charge on any atom is -0.352 e. The number of tetrazole rings is 1. The monoisotopic (exact) mass is 313 g/mol. The van der Waals surface area contributed by atoms with Gasteiger partial charge in [0.05, 0.1) is 0 Å². The third kappa shape index (κ3) is 3.94. The molecule has 1 aromatic carbocycles. The summed E-state index contributed by atoms with van der Waals surface area (Å²) in [5, 5.41) is 16.9. The Hall–Kier alpha value is -2.24. The van der Waals surface area contributed by atoms with Gasteiger partial charge in [0.15, 0.2) is 5.82 Å². The molecule has 0 bridgehead atoms. The lowest BCUT2D eigenvalue weighted by Gasteiger charge is -2.26. The zero-order valence-electron chi connectivity index (χ0n) is 13.5. The van der Waals surface area contributed by atoms with Crippen LogP contribution in [0, 0.1) is 11.8 Å². The van der Waals surface area contributed by atoms with E-state index in [1.54, 1.807) is 0 Å². The number of carbonyl (C=O) groups excluding carboxylic acids is 1. The van der Waals surface area contributed by atoms with Crippen molar-refractivity contribution in [2.24, 2.45) is 11.8 Å². The Bertz CT molecular complexity index is 634. The first kappa shape index (κ1) is 15.6. The Morgan fingerprint density at radius 1 is 1.35 bits per heavy atom. The summed E-state index contributed by atoms with van der Waals surface area (Å²) >= 11 is 0. The van der Waals surface area contributed by atoms with Crippen LogP contribution in [0.3, 0.4) is 0 Å². The summed E-state index contributed by atoms with van der Waals surface area (Å²) in [5.74, 6) is 1.42. The minimum absolute atomic E-state index is 0.0944. The largest absolute Gasteiger partial charge is 0.352 e. The van der Waals surface area contributed by atoms with Gasteiger partial charge in [0, 0.05) is 18.0 Å². The molecular formula is C17H23N5O. The number of rotatable bonds is 5. The average molecular weight is 313 g/mol. The van der Waals surface area contributed by atoms with Crippen LogP contribution in [-0.4, -0.2) is 26.5 Å². The topological polar surface area (TPSA) is 83.6 Å². The van der Waals surface area contributed by atoms with Crippen molar-refractivity contribution in [1.29, 1.82) is 0 Å². The van der Waals surface area contributed by atoms with Crippen molar-refractivity contribution in [3.05, 3.63) is 29.8 Å². The maximum atomic E-state index is 12.4. The number of H-pyrrole nitrogens is 1. The zero-order chi connectivity index (χ0) is 16.1. The van der Waals surface area contributed by atoms with Crippen molar-refractivity contribution in [3.8, 4) is 11.4 Å². The maximum absolute atomic E-state index is 12.4. The first-order valence-corrected chi connectivity index (χ1v) is 8.35. The van der Waals surface area contributed by atoms with Gasteiger partial charge in [-0.3, -0.25) is 4.79 Å². The fraction of sp³-hybridized carbons (Fsp3) is 0.529. The fourth-order valence-corrected chi connectivity index (χ4v) is 3.31. The van der Waals surface area contributed by atoms with Crippen LogP contribution in [-0.2, 0) is 11.3 Å². The molecule has 1 aromatic heterocycles. The van der Waals surface area contributed by atoms with Gasteiger partial charge in [-0.15, -0.1) is 5.10 Å². The highest BCUT2D eigenvalue weighted by Crippen LogP contribution is 2.29. The Kier molecular flexibility index (Phi) is 5.00. The van der Waals surface area contributed by atoms with Crippen molar-refractivity contribution in [2.45, 2.75) is 45.6 Å². The van der Waals surface area contributed by atoms with Gasteiger partial charge in [-0.05, 0) is 40.8 Å². The first-order valence-electron chi connectivity index (χ1n) is 8.35. The zero-order valence-corrected chi connectivity index (χ0v) is 13.5. The minimum atomic E-state index is 0.0944. The quantitative estimate of drug-likeness (QED) is 0.889. The molecule has 1 atom stereocenters. The Morgan fingerprint density at radius 2 is 2.17 bits per heavy atom. The summed E-state index contributed by atoms with van der Waals surface area (Å²) in [6, 6.07) is 7.88. The molecule has 3 rings (SSSR count). The molecule has 2 aromatic rings. The number of hydrogen-bond donors (Lipinski definition) is 2. The summed E-state index contributed by atoms with van der Waals surface area (Å²) in [6.07, 6.45) is 6.20. The highest BCUT2D eigenvalue weighted by Gasteiger charge is 2.25. The first-order chi connectivity index (χ1) is 11.2. The van der Waals surface area contributed by atoms with E-state index in [2.05, 4.69) is 32.9 Å². The molecule has 6 nitrogen and oxygen atoms in total. The maximum Gasteiger partial charge on any atom is 0.223 e. The number of benzene rings is 1. The van der Waals surface area contributed by atoms with Crippen LogP contribution in [0.25, 0.3) is 11.4 Å². The average Bonchev–Trinajstić information content (AvgIpc) is 3.15. The molecule has 1 aliphatic rings. The number of aromatic nitrogens is 4. The summed E-state index contributed by atoms with van der Waals surface area (Å²) in [7, 11) is 0. The molecule has 0 spiro atoms. The summed E-state index contributed by atoms with van der Waals surface area (Å²) < 4.78 is 0. The van der Waals surface area contributed by atoms with Gasteiger partial charge in [-0.25, -0.2) is 5.10 Å². The van der Waals surface area contributed by atoms with Crippen LogP contribution >= 0.6 is 0 Å². The Labute approximate surface area is 136 Å². The molecule has 1 fully saturated rings. The van der Waals surface area contributed by atoms with E-state index in [4.69, 9.17) is 0 Å². The molecule has 122 valence electrons. The van der Waals surface area contributed by atoms with Crippen LogP contribution in [0.1, 0.15) is 44.6 Å². The molecule has 1 unspecified atom stereocenters. The summed E-state index contributed by atoms with van der Waals surface area (Å²) in [6.45, 7) is 2.59. The standard InChI is InChI=1S/C17H23N5O/c1-12(14-7-3-2-4-8-14)17(23)18-11-13-6-5-9-15(10-13)16-19-21-22-20-16/h5-6,9-10,12,14H,2-4,7-8,11H2,1H3,(H,18,23)(H,19,20,21,22). The predicted octanol–water partition coefficient (Wildman–Crippen LogP) is 2.70. The number of carbonyl (C=O) groups is 1. The van der Waals surface area contributed by atoms with Gasteiger partial charge in [0.25, 0.3) is 0 Å². The SMILES string of the molecule is CC(C(=O)NCc1cccc(-c2nnn[nH]2)c1)C1CCCCC1. The Morgan fingerprint density at radius 3 is 2.91 bits per heavy atom. The summed E-state index contributed by atoms with van der Waals surface area (Å²) in [4.78, 5) is 12.4. The van der Waals surface area contributed by atoms with Gasteiger partial charge in [0.2, 0.25) is 5.91 Å². The van der Waals surface area contributed by atoms with Gasteiger partial charge in [-0.2, -0.15) is 0 Å². The lowest BCUT2D eigenvalue weighted by Crippen LogP contribution is -2.33. The number of nitrogens with one attached hydrogen (secondary N) is 2. The third-order valence-corrected chi connectivity index (χ3v) is 4.78. The van der Waals surface area contributed by atoms with Crippen molar-refractivity contribution in [2.75, 3.05) is 0 Å². The van der Waals surface area contributed by atoms with Gasteiger partial charge in [0.1, 0.15) is 0 Å². The molecular weight excluding hydrogens is 290 g/mol. The van der Waals surface area contributed by atoms with Crippen LogP contribution in [0.5, 0.6) is 0 Å². The van der Waals surface area contributed by atoms with Crippen LogP contribution in [0.2, 0.25) is 0 Å². The van der Waals surface area contributed by atoms with Gasteiger partial charge in [-0.1, -0.05) is 44.4 Å². The molecule has 0 aliphatic heterocycles. The van der Waals surface area contributed by atoms with Crippen molar-refractivity contribution in [1.82, 2.24) is 25.9 Å². The Balaban J connectivity index is 1.57. The molecule has 1 amide bonds. The normalized spacial score (nSPS) is 16.9. The van der Waals surface area contributed by atoms with Gasteiger partial charge < -0.3 is 5.32 Å². The second-order valence-corrected chi connectivity index (χ2v) is 6.35. The number of aromatic amines is 1. The molecule has 0 saturated heterocycles. The van der Waals surface area contributed by atoms with E-state index in [1.807, 2.05) is 24.3 Å². The number of amides is 1.